The molecule has 0 aromatic heterocycles. The summed E-state index contributed by atoms with van der Waals surface area (Å²) in [6.45, 7) is 0. The van der Waals surface area contributed by atoms with Crippen molar-refractivity contribution in [2.75, 3.05) is 0 Å². The molecule has 16 heavy (non-hydrogen) atoms. The van der Waals surface area contributed by atoms with Gasteiger partial charge >= 0.3 is 0 Å². The van der Waals surface area contributed by atoms with Gasteiger partial charge in [-0.15, -0.1) is 0 Å². The van der Waals surface area contributed by atoms with Gasteiger partial charge in [0, 0.05) is 0 Å². The summed E-state index contributed by atoms with van der Waals surface area (Å²) in [6, 6.07) is 3.99. The fourth-order valence-electron chi connectivity index (χ4n) is 1.76. The number of allylic oxidation sites excluding steroid dienone is 1. The van der Waals surface area contributed by atoms with E-state index in [1.54, 1.807) is 0 Å². The third kappa shape index (κ3) is 2.48. The molecule has 84 valence electrons. The smallest absolute Gasteiger partial charge is 0.153 e. The molecule has 0 N–H and O–H groups in total. The Kier molecular flexibility index (Phi) is 3.34. The minimum Gasteiger partial charge on any atom is -0.486 e. The van der Waals surface area contributed by atoms with Crippen molar-refractivity contribution in [2.45, 2.75) is 25.4 Å². The van der Waals surface area contributed by atoms with E-state index < -0.39 is 5.82 Å². The average Bonchev–Trinajstić information content (AvgIpc) is 2.33. The maximum atomic E-state index is 12.9. The molecule has 2 rings (SSSR count). The van der Waals surface area contributed by atoms with E-state index in [4.69, 9.17) is 4.74 Å². The van der Waals surface area contributed by atoms with E-state index in [1.807, 2.05) is 6.08 Å². The summed E-state index contributed by atoms with van der Waals surface area (Å²) in [5.74, 6) is 0.0292. The van der Waals surface area contributed by atoms with E-state index in [0.717, 1.165) is 19.3 Å². The molecular weight excluding hydrogens is 207 g/mol. The number of ether oxygens (including phenoxy) is 1. The monoisotopic (exact) mass is 220 g/mol. The summed E-state index contributed by atoms with van der Waals surface area (Å²) in [6.07, 6.45) is 7.76. The van der Waals surface area contributed by atoms with E-state index in [1.165, 1.54) is 18.2 Å². The average molecular weight is 220 g/mol. The molecule has 0 aliphatic heterocycles. The summed E-state index contributed by atoms with van der Waals surface area (Å²) in [4.78, 5) is 10.8. The largest absolute Gasteiger partial charge is 0.486 e. The Bertz CT molecular complexity index is 412. The van der Waals surface area contributed by atoms with Crippen LogP contribution in [0.5, 0.6) is 5.75 Å². The Hall–Kier alpha value is -1.64. The first-order chi connectivity index (χ1) is 7.79. The van der Waals surface area contributed by atoms with Crippen molar-refractivity contribution in [3.05, 3.63) is 41.7 Å². The van der Waals surface area contributed by atoms with Crippen LogP contribution in [0.2, 0.25) is 0 Å². The van der Waals surface area contributed by atoms with Crippen molar-refractivity contribution in [1.29, 1.82) is 0 Å². The number of hydrogen-bond donors (Lipinski definition) is 0. The van der Waals surface area contributed by atoms with Gasteiger partial charge in [0.1, 0.15) is 17.7 Å². The first kappa shape index (κ1) is 10.9. The lowest BCUT2D eigenvalue weighted by molar-refractivity contribution is 0.111. The van der Waals surface area contributed by atoms with Gasteiger partial charge in [-0.05, 0) is 43.5 Å². The van der Waals surface area contributed by atoms with Crippen LogP contribution < -0.4 is 4.74 Å². The van der Waals surface area contributed by atoms with Crippen molar-refractivity contribution in [3.63, 3.8) is 0 Å². The lowest BCUT2D eigenvalue weighted by atomic mass is 10.1. The molecule has 0 saturated carbocycles. The van der Waals surface area contributed by atoms with Crippen molar-refractivity contribution >= 4 is 6.29 Å². The third-order valence-electron chi connectivity index (χ3n) is 2.59. The Labute approximate surface area is 93.7 Å². The van der Waals surface area contributed by atoms with Crippen LogP contribution in [-0.2, 0) is 0 Å². The van der Waals surface area contributed by atoms with Crippen molar-refractivity contribution in [3.8, 4) is 5.75 Å². The highest BCUT2D eigenvalue weighted by Crippen LogP contribution is 2.22. The molecule has 2 nitrogen and oxygen atoms in total. The highest BCUT2D eigenvalue weighted by atomic mass is 19.1. The fourth-order valence-corrected chi connectivity index (χ4v) is 1.76. The van der Waals surface area contributed by atoms with E-state index in [0.29, 0.717) is 12.0 Å². The van der Waals surface area contributed by atoms with Gasteiger partial charge in [-0.25, -0.2) is 4.39 Å². The predicted octanol–water partition coefficient (Wildman–Crippen LogP) is 3.13. The van der Waals surface area contributed by atoms with Crippen LogP contribution in [0.4, 0.5) is 4.39 Å². The van der Waals surface area contributed by atoms with Crippen LogP contribution in [-0.4, -0.2) is 12.4 Å². The number of rotatable bonds is 3. The Morgan fingerprint density at radius 2 is 2.31 bits per heavy atom. The van der Waals surface area contributed by atoms with Crippen LogP contribution in [0.1, 0.15) is 29.6 Å². The maximum Gasteiger partial charge on any atom is 0.153 e. The SMILES string of the molecule is O=Cc1cc(F)ccc1OC1C=CCCC1. The minimum atomic E-state index is -0.423. The van der Waals surface area contributed by atoms with Gasteiger partial charge in [0.2, 0.25) is 0 Å². The number of hydrogen-bond acceptors (Lipinski definition) is 2. The van der Waals surface area contributed by atoms with Gasteiger partial charge in [0.15, 0.2) is 6.29 Å². The lowest BCUT2D eigenvalue weighted by Gasteiger charge is -2.19. The molecule has 0 radical (unpaired) electrons. The Balaban J connectivity index is 2.16. The predicted molar refractivity (Wildman–Crippen MR) is 59.2 cm³/mol. The van der Waals surface area contributed by atoms with Crippen molar-refractivity contribution in [1.82, 2.24) is 0 Å². The van der Waals surface area contributed by atoms with E-state index in [9.17, 15) is 9.18 Å². The third-order valence-corrected chi connectivity index (χ3v) is 2.59. The molecular formula is C13H13FO2. The van der Waals surface area contributed by atoms with Gasteiger partial charge in [0.25, 0.3) is 0 Å². The second-order valence-corrected chi connectivity index (χ2v) is 3.82. The number of carbonyl (C=O) groups excluding carboxylic acids is 1. The normalized spacial score (nSPS) is 19.4. The summed E-state index contributed by atoms with van der Waals surface area (Å²) in [5.41, 5.74) is 0.263. The van der Waals surface area contributed by atoms with Crippen LogP contribution >= 0.6 is 0 Å². The number of halogens is 1. The second kappa shape index (κ2) is 4.92. The van der Waals surface area contributed by atoms with Gasteiger partial charge < -0.3 is 4.74 Å². The van der Waals surface area contributed by atoms with Gasteiger partial charge in [-0.2, -0.15) is 0 Å². The summed E-state index contributed by atoms with van der Waals surface area (Å²) in [5, 5.41) is 0. The van der Waals surface area contributed by atoms with Crippen LogP contribution in [0.3, 0.4) is 0 Å². The van der Waals surface area contributed by atoms with Gasteiger partial charge in [-0.1, -0.05) is 6.08 Å². The molecule has 0 fully saturated rings. The van der Waals surface area contributed by atoms with Crippen LogP contribution in [0.15, 0.2) is 30.4 Å². The van der Waals surface area contributed by atoms with Gasteiger partial charge in [0.05, 0.1) is 5.56 Å². The molecule has 1 aliphatic rings. The number of carbonyl (C=O) groups is 1. The molecule has 0 heterocycles. The highest BCUT2D eigenvalue weighted by molar-refractivity contribution is 5.79. The first-order valence-corrected chi connectivity index (χ1v) is 5.37. The van der Waals surface area contributed by atoms with Crippen molar-refractivity contribution < 1.29 is 13.9 Å². The molecule has 1 aliphatic carbocycles. The molecule has 1 aromatic carbocycles. The molecule has 1 unspecified atom stereocenters. The van der Waals surface area contributed by atoms with Crippen LogP contribution in [0.25, 0.3) is 0 Å². The zero-order chi connectivity index (χ0) is 11.4. The molecule has 1 atom stereocenters. The van der Waals surface area contributed by atoms with Gasteiger partial charge in [-0.3, -0.25) is 4.79 Å². The fraction of sp³-hybridized carbons (Fsp3) is 0.308. The molecule has 0 spiro atoms. The quantitative estimate of drug-likeness (QED) is 0.578. The zero-order valence-corrected chi connectivity index (χ0v) is 8.86. The van der Waals surface area contributed by atoms with Crippen LogP contribution in [0, 0.1) is 5.82 Å². The maximum absolute atomic E-state index is 12.9. The summed E-state index contributed by atoms with van der Waals surface area (Å²) in [7, 11) is 0. The molecule has 1 aromatic rings. The second-order valence-electron chi connectivity index (χ2n) is 3.82. The number of benzene rings is 1. The minimum absolute atomic E-state index is 0.00193. The molecule has 0 amide bonds. The molecule has 0 saturated heterocycles. The highest BCUT2D eigenvalue weighted by Gasteiger charge is 2.12. The molecule has 0 bridgehead atoms. The summed E-state index contributed by atoms with van der Waals surface area (Å²) < 4.78 is 18.5. The zero-order valence-electron chi connectivity index (χ0n) is 8.86. The molecule has 3 heteroatoms. The van der Waals surface area contributed by atoms with E-state index in [2.05, 4.69) is 6.08 Å². The van der Waals surface area contributed by atoms with E-state index >= 15 is 0 Å². The van der Waals surface area contributed by atoms with Crippen molar-refractivity contribution in [2.24, 2.45) is 0 Å². The standard InChI is InChI=1S/C13H13FO2/c14-11-6-7-13(10(8-11)9-15)16-12-4-2-1-3-5-12/h2,4,6-9,12H,1,3,5H2. The van der Waals surface area contributed by atoms with E-state index in [-0.39, 0.29) is 11.7 Å². The number of aldehydes is 1. The topological polar surface area (TPSA) is 26.3 Å². The summed E-state index contributed by atoms with van der Waals surface area (Å²) >= 11 is 0. The Morgan fingerprint density at radius 1 is 1.44 bits per heavy atom. The first-order valence-electron chi connectivity index (χ1n) is 5.37. The lowest BCUT2D eigenvalue weighted by Crippen LogP contribution is -2.16. The Morgan fingerprint density at radius 3 is 3.00 bits per heavy atom.